The van der Waals surface area contributed by atoms with Crippen molar-refractivity contribution in [1.29, 1.82) is 0 Å². The van der Waals surface area contributed by atoms with Gasteiger partial charge < -0.3 is 0 Å². The normalized spacial score (nSPS) is 10.5. The molecule has 0 aliphatic heterocycles. The molecule has 0 saturated carbocycles. The Labute approximate surface area is 148 Å². The van der Waals surface area contributed by atoms with Gasteiger partial charge in [-0.1, -0.05) is 110 Å². The molecular formula is C23H42. The van der Waals surface area contributed by atoms with Gasteiger partial charge in [-0.2, -0.15) is 0 Å². The largest absolute Gasteiger partial charge is 0.103 e. The van der Waals surface area contributed by atoms with Crippen LogP contribution in [0.5, 0.6) is 0 Å². The highest BCUT2D eigenvalue weighted by Gasteiger charge is 1.94. The van der Waals surface area contributed by atoms with E-state index in [1.807, 2.05) is 0 Å². The van der Waals surface area contributed by atoms with E-state index >= 15 is 0 Å². The van der Waals surface area contributed by atoms with Crippen molar-refractivity contribution >= 4 is 0 Å². The van der Waals surface area contributed by atoms with Gasteiger partial charge in [0.05, 0.1) is 0 Å². The molecule has 0 spiro atoms. The number of rotatable bonds is 17. The molecule has 134 valence electrons. The molecule has 0 saturated heterocycles. The second-order valence-corrected chi connectivity index (χ2v) is 6.86. The maximum absolute atomic E-state index is 3.89. The summed E-state index contributed by atoms with van der Waals surface area (Å²) in [6.45, 7) is 7.73. The monoisotopic (exact) mass is 318 g/mol. The summed E-state index contributed by atoms with van der Waals surface area (Å²) >= 11 is 0. The molecule has 0 N–H and O–H groups in total. The molecule has 0 aromatic heterocycles. The van der Waals surface area contributed by atoms with Gasteiger partial charge in [-0.3, -0.25) is 0 Å². The maximum Gasteiger partial charge on any atom is 0.00886 e. The van der Waals surface area contributed by atoms with Crippen molar-refractivity contribution in [1.82, 2.24) is 0 Å². The lowest BCUT2D eigenvalue weighted by Crippen LogP contribution is -1.83. The Bertz CT molecular complexity index is 255. The van der Waals surface area contributed by atoms with Crippen LogP contribution in [-0.4, -0.2) is 0 Å². The quantitative estimate of drug-likeness (QED) is 0.188. The zero-order valence-electron chi connectivity index (χ0n) is 15.8. The van der Waals surface area contributed by atoms with E-state index in [4.69, 9.17) is 0 Å². The molecule has 0 bridgehead atoms. The lowest BCUT2D eigenvalue weighted by atomic mass is 10.0. The summed E-state index contributed by atoms with van der Waals surface area (Å²) < 4.78 is 0. The highest BCUT2D eigenvalue weighted by atomic mass is 14.0. The molecule has 23 heavy (non-hydrogen) atoms. The third-order valence-corrected chi connectivity index (χ3v) is 4.48. The Morgan fingerprint density at radius 1 is 0.348 bits per heavy atom. The Hall–Kier alpha value is -0.440. The highest BCUT2D eigenvalue weighted by molar-refractivity contribution is 4.98. The average Bonchev–Trinajstić information content (AvgIpc) is 2.57. The van der Waals surface area contributed by atoms with Crippen molar-refractivity contribution in [2.75, 3.05) is 0 Å². The second-order valence-electron chi connectivity index (χ2n) is 6.86. The summed E-state index contributed by atoms with van der Waals surface area (Å²) in [4.78, 5) is 0. The van der Waals surface area contributed by atoms with Crippen LogP contribution in [0.2, 0.25) is 0 Å². The summed E-state index contributed by atoms with van der Waals surface area (Å²) in [6, 6.07) is 0. The predicted octanol–water partition coefficient (Wildman–Crippen LogP) is 8.07. The van der Waals surface area contributed by atoms with Crippen molar-refractivity contribution in [2.24, 2.45) is 0 Å². The molecule has 0 rings (SSSR count). The average molecular weight is 319 g/mol. The standard InChI is InChI=1S/C23H42/c1-3-5-7-9-11-13-15-17-19-21-23-22-20-18-16-14-12-10-8-6-4-2/h1-9,11,13-23H2. The minimum Gasteiger partial charge on any atom is -0.103 e. The molecule has 0 amide bonds. The molecule has 0 heterocycles. The topological polar surface area (TPSA) is 0 Å². The van der Waals surface area contributed by atoms with Gasteiger partial charge in [-0.25, -0.2) is 0 Å². The minimum absolute atomic E-state index is 1.02. The van der Waals surface area contributed by atoms with Gasteiger partial charge in [0.2, 0.25) is 0 Å². The molecular weight excluding hydrogens is 276 g/mol. The lowest BCUT2D eigenvalue weighted by molar-refractivity contribution is 0.534. The highest BCUT2D eigenvalue weighted by Crippen LogP contribution is 2.13. The van der Waals surface area contributed by atoms with Gasteiger partial charge in [0.15, 0.2) is 0 Å². The lowest BCUT2D eigenvalue weighted by Gasteiger charge is -2.03. The fourth-order valence-corrected chi connectivity index (χ4v) is 2.90. The van der Waals surface area contributed by atoms with Crippen LogP contribution < -0.4 is 0 Å². The Balaban J connectivity index is 3.01. The number of hydrogen-bond acceptors (Lipinski definition) is 0. The van der Waals surface area contributed by atoms with Crippen LogP contribution in [0, 0.1) is 25.7 Å². The molecule has 0 nitrogen and oxygen atoms in total. The summed E-state index contributed by atoms with van der Waals surface area (Å²) in [5.41, 5.74) is 0. The van der Waals surface area contributed by atoms with Gasteiger partial charge in [0.25, 0.3) is 0 Å². The number of unbranched alkanes of at least 4 members (excludes halogenated alkanes) is 17. The van der Waals surface area contributed by atoms with E-state index in [1.165, 1.54) is 89.9 Å². The molecule has 2 radical (unpaired) electrons. The van der Waals surface area contributed by atoms with Crippen molar-refractivity contribution in [3.8, 4) is 11.8 Å². The SMILES string of the molecule is [CH2]CCCC#CCCCCCCCCCCCCCCCC[CH2]. The Morgan fingerprint density at radius 2 is 0.652 bits per heavy atom. The second kappa shape index (κ2) is 21.6. The van der Waals surface area contributed by atoms with Crippen LogP contribution in [0.4, 0.5) is 0 Å². The zero-order chi connectivity index (χ0) is 16.8. The van der Waals surface area contributed by atoms with E-state index in [1.54, 1.807) is 0 Å². The van der Waals surface area contributed by atoms with Crippen molar-refractivity contribution in [3.05, 3.63) is 13.8 Å². The van der Waals surface area contributed by atoms with Gasteiger partial charge >= 0.3 is 0 Å². The molecule has 0 aliphatic rings. The predicted molar refractivity (Wildman–Crippen MR) is 106 cm³/mol. The third kappa shape index (κ3) is 21.6. The third-order valence-electron chi connectivity index (χ3n) is 4.48. The van der Waals surface area contributed by atoms with Gasteiger partial charge in [0.1, 0.15) is 0 Å². The zero-order valence-corrected chi connectivity index (χ0v) is 15.8. The fraction of sp³-hybridized carbons (Fsp3) is 0.826. The van der Waals surface area contributed by atoms with E-state index in [0.717, 1.165) is 32.1 Å². The molecule has 0 unspecified atom stereocenters. The van der Waals surface area contributed by atoms with Crippen LogP contribution in [0.25, 0.3) is 0 Å². The molecule has 0 aromatic rings. The smallest absolute Gasteiger partial charge is 0.00886 e. The number of hydrogen-bond donors (Lipinski definition) is 0. The van der Waals surface area contributed by atoms with E-state index < -0.39 is 0 Å². The molecule has 0 atom stereocenters. The van der Waals surface area contributed by atoms with Gasteiger partial charge in [-0.15, -0.1) is 11.8 Å². The van der Waals surface area contributed by atoms with Crippen LogP contribution in [-0.2, 0) is 0 Å². The molecule has 0 heteroatoms. The summed E-state index contributed by atoms with van der Waals surface area (Å²) in [5, 5.41) is 0. The van der Waals surface area contributed by atoms with Crippen LogP contribution in [0.3, 0.4) is 0 Å². The van der Waals surface area contributed by atoms with Crippen LogP contribution in [0.1, 0.15) is 122 Å². The first-order valence-corrected chi connectivity index (χ1v) is 10.5. The molecule has 0 aromatic carbocycles. The first kappa shape index (κ1) is 22.6. The first-order valence-electron chi connectivity index (χ1n) is 10.5. The fourth-order valence-electron chi connectivity index (χ4n) is 2.90. The van der Waals surface area contributed by atoms with Crippen molar-refractivity contribution < 1.29 is 0 Å². The molecule has 0 fully saturated rings. The first-order chi connectivity index (χ1) is 11.4. The Morgan fingerprint density at radius 3 is 1.04 bits per heavy atom. The van der Waals surface area contributed by atoms with E-state index in [0.29, 0.717) is 0 Å². The minimum atomic E-state index is 1.02. The van der Waals surface area contributed by atoms with Crippen LogP contribution in [0.15, 0.2) is 0 Å². The van der Waals surface area contributed by atoms with E-state index in [2.05, 4.69) is 25.7 Å². The van der Waals surface area contributed by atoms with Crippen molar-refractivity contribution in [2.45, 2.75) is 122 Å². The Kier molecular flexibility index (Phi) is 21.1. The maximum atomic E-state index is 3.89. The van der Waals surface area contributed by atoms with E-state index in [9.17, 15) is 0 Å². The van der Waals surface area contributed by atoms with Gasteiger partial charge in [0, 0.05) is 12.8 Å². The summed E-state index contributed by atoms with van der Waals surface area (Å²) in [6.07, 6.45) is 25.2. The summed E-state index contributed by atoms with van der Waals surface area (Å²) in [5.74, 6) is 6.53. The summed E-state index contributed by atoms with van der Waals surface area (Å²) in [7, 11) is 0. The van der Waals surface area contributed by atoms with Gasteiger partial charge in [-0.05, 0) is 12.8 Å². The molecule has 0 aliphatic carbocycles. The van der Waals surface area contributed by atoms with E-state index in [-0.39, 0.29) is 0 Å². The van der Waals surface area contributed by atoms with Crippen LogP contribution >= 0.6 is 0 Å². The van der Waals surface area contributed by atoms with Crippen molar-refractivity contribution in [3.63, 3.8) is 0 Å².